The third-order valence-electron chi connectivity index (χ3n) is 4.94. The Morgan fingerprint density at radius 3 is 2.65 bits per heavy atom. The van der Waals surface area contributed by atoms with Gasteiger partial charge in [0.05, 0.1) is 12.0 Å². The van der Waals surface area contributed by atoms with Crippen molar-refractivity contribution in [3.05, 3.63) is 35.9 Å². The number of likely N-dealkylation sites (tertiary alicyclic amines) is 2. The lowest BCUT2D eigenvalue weighted by molar-refractivity contribution is 0.206. The lowest BCUT2D eigenvalue weighted by Gasteiger charge is -2.27. The Morgan fingerprint density at radius 1 is 1.15 bits per heavy atom. The molecule has 1 aromatic carbocycles. The van der Waals surface area contributed by atoms with Crippen LogP contribution in [0.15, 0.2) is 30.3 Å². The van der Waals surface area contributed by atoms with Crippen molar-refractivity contribution < 1.29 is 0 Å². The fraction of sp³-hybridized carbons (Fsp3) is 0.588. The van der Waals surface area contributed by atoms with E-state index in [2.05, 4.69) is 53.1 Å². The molecule has 3 unspecified atom stereocenters. The molecule has 106 valence electrons. The average Bonchev–Trinajstić information content (AvgIpc) is 3.16. The third kappa shape index (κ3) is 2.72. The van der Waals surface area contributed by atoms with E-state index >= 15 is 0 Å². The number of benzene rings is 1. The van der Waals surface area contributed by atoms with Crippen LogP contribution in [-0.2, 0) is 0 Å². The Morgan fingerprint density at radius 2 is 1.95 bits per heavy atom. The van der Waals surface area contributed by atoms with Crippen LogP contribution in [0.3, 0.4) is 0 Å². The molecular formula is C17H23N3. The van der Waals surface area contributed by atoms with Crippen molar-refractivity contribution in [2.24, 2.45) is 5.92 Å². The topological polar surface area (TPSA) is 30.3 Å². The van der Waals surface area contributed by atoms with Crippen molar-refractivity contribution in [1.29, 1.82) is 5.26 Å². The zero-order chi connectivity index (χ0) is 13.9. The van der Waals surface area contributed by atoms with Gasteiger partial charge in [0.25, 0.3) is 0 Å². The fourth-order valence-corrected chi connectivity index (χ4v) is 3.58. The SMILES string of the molecule is CC(c1ccccc1)N1CCC(N2CCC(C#N)C2)C1. The number of hydrogen-bond donors (Lipinski definition) is 0. The molecule has 1 aromatic rings. The molecule has 2 fully saturated rings. The van der Waals surface area contributed by atoms with Crippen molar-refractivity contribution in [2.45, 2.75) is 31.8 Å². The van der Waals surface area contributed by atoms with Crippen LogP contribution in [-0.4, -0.2) is 42.0 Å². The molecule has 0 aliphatic carbocycles. The molecule has 2 aliphatic heterocycles. The van der Waals surface area contributed by atoms with Crippen molar-refractivity contribution in [2.75, 3.05) is 26.2 Å². The van der Waals surface area contributed by atoms with E-state index in [1.54, 1.807) is 0 Å². The summed E-state index contributed by atoms with van der Waals surface area (Å²) in [5.41, 5.74) is 1.41. The van der Waals surface area contributed by atoms with Gasteiger partial charge in [-0.05, 0) is 31.9 Å². The summed E-state index contributed by atoms with van der Waals surface area (Å²) < 4.78 is 0. The monoisotopic (exact) mass is 269 g/mol. The van der Waals surface area contributed by atoms with Gasteiger partial charge in [-0.15, -0.1) is 0 Å². The zero-order valence-corrected chi connectivity index (χ0v) is 12.2. The van der Waals surface area contributed by atoms with Gasteiger partial charge in [-0.2, -0.15) is 5.26 Å². The first-order valence-corrected chi connectivity index (χ1v) is 7.70. The smallest absolute Gasteiger partial charge is 0.0669 e. The highest BCUT2D eigenvalue weighted by Crippen LogP contribution is 2.29. The van der Waals surface area contributed by atoms with Gasteiger partial charge in [-0.25, -0.2) is 0 Å². The molecule has 0 bridgehead atoms. The zero-order valence-electron chi connectivity index (χ0n) is 12.2. The predicted molar refractivity (Wildman–Crippen MR) is 80.1 cm³/mol. The Hall–Kier alpha value is -1.37. The van der Waals surface area contributed by atoms with Gasteiger partial charge in [0.1, 0.15) is 0 Å². The molecule has 20 heavy (non-hydrogen) atoms. The lowest BCUT2D eigenvalue weighted by atomic mass is 10.1. The standard InChI is InChI=1S/C17H23N3/c1-14(16-5-3-2-4-6-16)19-10-8-17(13-19)20-9-7-15(11-18)12-20/h2-6,14-15,17H,7-10,12-13H2,1H3. The highest BCUT2D eigenvalue weighted by atomic mass is 15.3. The summed E-state index contributed by atoms with van der Waals surface area (Å²) in [6.07, 6.45) is 2.30. The van der Waals surface area contributed by atoms with Gasteiger partial charge in [-0.1, -0.05) is 30.3 Å². The van der Waals surface area contributed by atoms with Crippen LogP contribution in [0.25, 0.3) is 0 Å². The number of hydrogen-bond acceptors (Lipinski definition) is 3. The molecule has 2 saturated heterocycles. The summed E-state index contributed by atoms with van der Waals surface area (Å²) in [7, 11) is 0. The van der Waals surface area contributed by atoms with Crippen molar-refractivity contribution >= 4 is 0 Å². The maximum atomic E-state index is 9.03. The van der Waals surface area contributed by atoms with E-state index in [9.17, 15) is 0 Å². The van der Waals surface area contributed by atoms with E-state index in [0.717, 1.165) is 26.1 Å². The second-order valence-corrected chi connectivity index (χ2v) is 6.13. The van der Waals surface area contributed by atoms with Crippen LogP contribution >= 0.6 is 0 Å². The van der Waals surface area contributed by atoms with E-state index < -0.39 is 0 Å². The summed E-state index contributed by atoms with van der Waals surface area (Å²) in [6, 6.07) is 14.3. The maximum Gasteiger partial charge on any atom is 0.0669 e. The van der Waals surface area contributed by atoms with Gasteiger partial charge in [0.2, 0.25) is 0 Å². The second-order valence-electron chi connectivity index (χ2n) is 6.13. The molecular weight excluding hydrogens is 246 g/mol. The van der Waals surface area contributed by atoms with E-state index in [0.29, 0.717) is 12.1 Å². The molecule has 0 amide bonds. The summed E-state index contributed by atoms with van der Waals surface area (Å²) in [6.45, 7) is 6.72. The first-order valence-electron chi connectivity index (χ1n) is 7.70. The van der Waals surface area contributed by atoms with E-state index in [1.165, 1.54) is 18.5 Å². The van der Waals surface area contributed by atoms with Gasteiger partial charge < -0.3 is 0 Å². The minimum Gasteiger partial charge on any atom is -0.298 e. The van der Waals surface area contributed by atoms with Gasteiger partial charge in [-0.3, -0.25) is 9.80 Å². The first kappa shape index (κ1) is 13.6. The molecule has 2 heterocycles. The number of rotatable bonds is 3. The molecule has 0 N–H and O–H groups in total. The minimum atomic E-state index is 0.260. The molecule has 3 heteroatoms. The molecule has 3 rings (SSSR count). The Bertz CT molecular complexity index is 479. The normalized spacial score (nSPS) is 29.4. The van der Waals surface area contributed by atoms with E-state index in [1.807, 2.05) is 0 Å². The van der Waals surface area contributed by atoms with Crippen LogP contribution in [0.2, 0.25) is 0 Å². The van der Waals surface area contributed by atoms with Crippen LogP contribution in [0.4, 0.5) is 0 Å². The van der Waals surface area contributed by atoms with Crippen LogP contribution < -0.4 is 0 Å². The highest BCUT2D eigenvalue weighted by molar-refractivity contribution is 5.18. The van der Waals surface area contributed by atoms with Crippen LogP contribution in [0.1, 0.15) is 31.4 Å². The Balaban J connectivity index is 1.59. The van der Waals surface area contributed by atoms with Crippen LogP contribution in [0, 0.1) is 17.2 Å². The molecule has 0 aromatic heterocycles. The van der Waals surface area contributed by atoms with Crippen molar-refractivity contribution in [3.8, 4) is 6.07 Å². The van der Waals surface area contributed by atoms with Gasteiger partial charge >= 0.3 is 0 Å². The quantitative estimate of drug-likeness (QED) is 0.845. The molecule has 0 radical (unpaired) electrons. The van der Waals surface area contributed by atoms with Crippen LogP contribution in [0.5, 0.6) is 0 Å². The fourth-order valence-electron chi connectivity index (χ4n) is 3.58. The second kappa shape index (κ2) is 5.95. The lowest BCUT2D eigenvalue weighted by Crippen LogP contribution is -2.36. The summed E-state index contributed by atoms with van der Waals surface area (Å²) in [5, 5.41) is 9.03. The molecule has 3 nitrogen and oxygen atoms in total. The Kier molecular flexibility index (Phi) is 4.05. The number of nitrogens with zero attached hydrogens (tertiary/aromatic N) is 3. The van der Waals surface area contributed by atoms with Gasteiger partial charge in [0.15, 0.2) is 0 Å². The van der Waals surface area contributed by atoms with Gasteiger partial charge in [0, 0.05) is 31.7 Å². The predicted octanol–water partition coefficient (Wildman–Crippen LogP) is 2.67. The highest BCUT2D eigenvalue weighted by Gasteiger charge is 2.34. The minimum absolute atomic E-state index is 0.260. The molecule has 0 saturated carbocycles. The Labute approximate surface area is 121 Å². The molecule has 0 spiro atoms. The first-order chi connectivity index (χ1) is 9.78. The van der Waals surface area contributed by atoms with E-state index in [4.69, 9.17) is 5.26 Å². The molecule has 3 atom stereocenters. The summed E-state index contributed by atoms with van der Waals surface area (Å²) >= 11 is 0. The largest absolute Gasteiger partial charge is 0.298 e. The van der Waals surface area contributed by atoms with E-state index in [-0.39, 0.29) is 5.92 Å². The third-order valence-corrected chi connectivity index (χ3v) is 4.94. The average molecular weight is 269 g/mol. The van der Waals surface area contributed by atoms with Crippen molar-refractivity contribution in [3.63, 3.8) is 0 Å². The number of nitriles is 1. The summed E-state index contributed by atoms with van der Waals surface area (Å²) in [4.78, 5) is 5.12. The van der Waals surface area contributed by atoms with Crippen molar-refractivity contribution in [1.82, 2.24) is 9.80 Å². The molecule has 2 aliphatic rings. The maximum absolute atomic E-state index is 9.03. The summed E-state index contributed by atoms with van der Waals surface area (Å²) in [5.74, 6) is 0.260.